The highest BCUT2D eigenvalue weighted by molar-refractivity contribution is 9.10. The van der Waals surface area contributed by atoms with Gasteiger partial charge in [0.1, 0.15) is 0 Å². The van der Waals surface area contributed by atoms with Crippen LogP contribution in [-0.4, -0.2) is 31.0 Å². The first kappa shape index (κ1) is 16.4. The van der Waals surface area contributed by atoms with Crippen molar-refractivity contribution in [2.75, 3.05) is 18.0 Å². The summed E-state index contributed by atoms with van der Waals surface area (Å²) < 4.78 is 42.5. The summed E-state index contributed by atoms with van der Waals surface area (Å²) in [5.74, 6) is -0.179. The van der Waals surface area contributed by atoms with Crippen LogP contribution in [0.5, 0.6) is 5.75 Å². The second-order valence-corrected chi connectivity index (χ2v) is 6.82. The van der Waals surface area contributed by atoms with Gasteiger partial charge in [0.2, 0.25) is 0 Å². The Kier molecular flexibility index (Phi) is 4.44. The molecule has 0 saturated carbocycles. The molecule has 1 aromatic rings. The molecule has 1 heterocycles. The first-order valence-corrected chi connectivity index (χ1v) is 7.44. The van der Waals surface area contributed by atoms with Crippen LogP contribution in [-0.2, 0) is 0 Å². The molecule has 21 heavy (non-hydrogen) atoms. The summed E-state index contributed by atoms with van der Waals surface area (Å²) in [6, 6.07) is 4.81. The molecule has 1 unspecified atom stereocenters. The highest BCUT2D eigenvalue weighted by Gasteiger charge is 2.36. The quantitative estimate of drug-likeness (QED) is 0.858. The Morgan fingerprint density at radius 2 is 2.05 bits per heavy atom. The lowest BCUT2D eigenvalue weighted by Gasteiger charge is -2.45. The van der Waals surface area contributed by atoms with Gasteiger partial charge in [-0.25, -0.2) is 0 Å². The maximum atomic E-state index is 12.6. The topological polar surface area (TPSA) is 24.5 Å². The minimum atomic E-state index is -4.71. The van der Waals surface area contributed by atoms with Gasteiger partial charge in [-0.3, -0.25) is 0 Å². The molecule has 0 aromatic heterocycles. The van der Waals surface area contributed by atoms with Gasteiger partial charge in [0.25, 0.3) is 0 Å². The standard InChI is InChI=1S/C14H18BrF3N2O/c1-9-7-19-13(2,3)8-20(9)11-5-4-10(15)6-12(11)21-14(16,17)18/h4-6,9,19H,7-8H2,1-3H3. The number of anilines is 1. The van der Waals surface area contributed by atoms with Gasteiger partial charge in [0.05, 0.1) is 5.69 Å². The summed E-state index contributed by atoms with van der Waals surface area (Å²) in [6.07, 6.45) is -4.71. The fourth-order valence-electron chi connectivity index (χ4n) is 2.43. The number of alkyl halides is 3. The van der Waals surface area contributed by atoms with E-state index in [0.717, 1.165) is 0 Å². The summed E-state index contributed by atoms with van der Waals surface area (Å²) in [7, 11) is 0. The van der Waals surface area contributed by atoms with Crippen molar-refractivity contribution in [3.8, 4) is 5.75 Å². The molecular formula is C14H18BrF3N2O. The van der Waals surface area contributed by atoms with E-state index in [9.17, 15) is 13.2 Å². The van der Waals surface area contributed by atoms with Crippen LogP contribution in [0, 0.1) is 0 Å². The number of ether oxygens (including phenoxy) is 1. The van der Waals surface area contributed by atoms with Gasteiger partial charge in [-0.1, -0.05) is 15.9 Å². The summed E-state index contributed by atoms with van der Waals surface area (Å²) in [5, 5.41) is 3.37. The number of hydrogen-bond donors (Lipinski definition) is 1. The summed E-state index contributed by atoms with van der Waals surface area (Å²) in [6.45, 7) is 7.32. The molecule has 7 heteroatoms. The zero-order chi connectivity index (χ0) is 15.8. The smallest absolute Gasteiger partial charge is 0.404 e. The highest BCUT2D eigenvalue weighted by Crippen LogP contribution is 2.37. The molecular weight excluding hydrogens is 349 g/mol. The number of nitrogens with one attached hydrogen (secondary N) is 1. The molecule has 3 nitrogen and oxygen atoms in total. The van der Waals surface area contributed by atoms with E-state index < -0.39 is 6.36 Å². The average molecular weight is 367 g/mol. The molecule has 2 rings (SSSR count). The van der Waals surface area contributed by atoms with E-state index in [1.807, 2.05) is 25.7 Å². The first-order chi connectivity index (χ1) is 9.57. The molecule has 0 radical (unpaired) electrons. The van der Waals surface area contributed by atoms with E-state index in [4.69, 9.17) is 0 Å². The number of rotatable bonds is 2. The van der Waals surface area contributed by atoms with Crippen molar-refractivity contribution in [3.63, 3.8) is 0 Å². The van der Waals surface area contributed by atoms with E-state index in [-0.39, 0.29) is 17.3 Å². The lowest BCUT2D eigenvalue weighted by molar-refractivity contribution is -0.274. The molecule has 1 aliphatic rings. The van der Waals surface area contributed by atoms with Gasteiger partial charge in [-0.15, -0.1) is 13.2 Å². The van der Waals surface area contributed by atoms with Gasteiger partial charge in [0, 0.05) is 29.1 Å². The van der Waals surface area contributed by atoms with E-state index in [1.54, 1.807) is 12.1 Å². The summed E-state index contributed by atoms with van der Waals surface area (Å²) >= 11 is 3.19. The Balaban J connectivity index is 2.37. The van der Waals surface area contributed by atoms with Gasteiger partial charge in [-0.05, 0) is 39.0 Å². The minimum Gasteiger partial charge on any atom is -0.404 e. The van der Waals surface area contributed by atoms with E-state index in [1.165, 1.54) is 6.07 Å². The molecule has 0 bridgehead atoms. The lowest BCUT2D eigenvalue weighted by atomic mass is 9.98. The van der Waals surface area contributed by atoms with Crippen LogP contribution in [0.25, 0.3) is 0 Å². The Labute approximate surface area is 130 Å². The van der Waals surface area contributed by atoms with Crippen molar-refractivity contribution in [2.45, 2.75) is 38.7 Å². The Morgan fingerprint density at radius 3 is 2.67 bits per heavy atom. The minimum absolute atomic E-state index is 0.0785. The molecule has 1 N–H and O–H groups in total. The van der Waals surface area contributed by atoms with Gasteiger partial charge < -0.3 is 15.0 Å². The highest BCUT2D eigenvalue weighted by atomic mass is 79.9. The predicted octanol–water partition coefficient (Wildman–Crippen LogP) is 3.92. The largest absolute Gasteiger partial charge is 0.573 e. The van der Waals surface area contributed by atoms with Crippen LogP contribution in [0.2, 0.25) is 0 Å². The van der Waals surface area contributed by atoms with Crippen molar-refractivity contribution >= 4 is 21.6 Å². The fraction of sp³-hybridized carbons (Fsp3) is 0.571. The van der Waals surface area contributed by atoms with Crippen LogP contribution in [0.3, 0.4) is 0 Å². The third-order valence-electron chi connectivity index (χ3n) is 3.43. The third kappa shape index (κ3) is 4.26. The van der Waals surface area contributed by atoms with Crippen LogP contribution < -0.4 is 15.0 Å². The van der Waals surface area contributed by atoms with Gasteiger partial charge >= 0.3 is 6.36 Å². The number of piperazine rings is 1. The maximum absolute atomic E-state index is 12.6. The number of benzene rings is 1. The Hall–Kier alpha value is -0.950. The Bertz CT molecular complexity index is 519. The van der Waals surface area contributed by atoms with Crippen molar-refractivity contribution in [1.82, 2.24) is 5.32 Å². The second-order valence-electron chi connectivity index (χ2n) is 5.90. The number of halogens is 4. The third-order valence-corrected chi connectivity index (χ3v) is 3.92. The van der Waals surface area contributed by atoms with Crippen molar-refractivity contribution in [1.29, 1.82) is 0 Å². The second kappa shape index (κ2) is 5.68. The van der Waals surface area contributed by atoms with Crippen molar-refractivity contribution in [2.24, 2.45) is 0 Å². The van der Waals surface area contributed by atoms with Crippen molar-refractivity contribution < 1.29 is 17.9 Å². The Morgan fingerprint density at radius 1 is 1.38 bits per heavy atom. The first-order valence-electron chi connectivity index (χ1n) is 6.64. The van der Waals surface area contributed by atoms with Gasteiger partial charge in [0.15, 0.2) is 5.75 Å². The average Bonchev–Trinajstić information content (AvgIpc) is 2.31. The number of nitrogens with zero attached hydrogens (tertiary/aromatic N) is 1. The zero-order valence-electron chi connectivity index (χ0n) is 12.1. The molecule has 1 atom stereocenters. The lowest BCUT2D eigenvalue weighted by Crippen LogP contribution is -2.61. The summed E-state index contributed by atoms with van der Waals surface area (Å²) in [4.78, 5) is 1.95. The molecule has 0 spiro atoms. The normalized spacial score (nSPS) is 22.2. The van der Waals surface area contributed by atoms with Crippen LogP contribution in [0.15, 0.2) is 22.7 Å². The van der Waals surface area contributed by atoms with E-state index in [2.05, 4.69) is 26.0 Å². The zero-order valence-corrected chi connectivity index (χ0v) is 13.7. The fourth-order valence-corrected chi connectivity index (χ4v) is 2.77. The van der Waals surface area contributed by atoms with E-state index >= 15 is 0 Å². The molecule has 1 fully saturated rings. The molecule has 118 valence electrons. The summed E-state index contributed by atoms with van der Waals surface area (Å²) in [5.41, 5.74) is 0.285. The molecule has 0 aliphatic carbocycles. The van der Waals surface area contributed by atoms with Crippen molar-refractivity contribution in [3.05, 3.63) is 22.7 Å². The molecule has 1 aliphatic heterocycles. The SMILES string of the molecule is CC1CNC(C)(C)CN1c1ccc(Br)cc1OC(F)(F)F. The number of hydrogen-bond acceptors (Lipinski definition) is 3. The monoisotopic (exact) mass is 366 g/mol. The molecule has 1 saturated heterocycles. The maximum Gasteiger partial charge on any atom is 0.573 e. The predicted molar refractivity (Wildman–Crippen MR) is 79.7 cm³/mol. The van der Waals surface area contributed by atoms with Crippen LogP contribution in [0.4, 0.5) is 18.9 Å². The van der Waals surface area contributed by atoms with Crippen LogP contribution in [0.1, 0.15) is 20.8 Å². The van der Waals surface area contributed by atoms with E-state index in [0.29, 0.717) is 23.2 Å². The molecule has 1 aromatic carbocycles. The van der Waals surface area contributed by atoms with Crippen LogP contribution >= 0.6 is 15.9 Å². The molecule has 0 amide bonds. The van der Waals surface area contributed by atoms with Gasteiger partial charge in [-0.2, -0.15) is 0 Å².